The molecule has 0 unspecified atom stereocenters. The lowest BCUT2D eigenvalue weighted by atomic mass is 9.93. The Hall–Kier alpha value is -4.51. The van der Waals surface area contributed by atoms with E-state index in [-0.39, 0.29) is 5.97 Å². The Kier molecular flexibility index (Phi) is 12.2. The summed E-state index contributed by atoms with van der Waals surface area (Å²) in [5.41, 5.74) is 1.18. The number of carbonyl (C=O) groups is 1. The molecule has 0 saturated heterocycles. The molecule has 0 N–H and O–H groups in total. The number of benzene rings is 6. The smallest absolute Gasteiger partial charge is 0.339 e. The number of carbonyl (C=O) groups excluding carboxylic acids is 1. The molecule has 42 heavy (non-hydrogen) atoms. The second-order valence-electron chi connectivity index (χ2n) is 10.2. The number of cyclic esters (lactones) is 1. The van der Waals surface area contributed by atoms with E-state index in [1.807, 2.05) is 38.1 Å². The molecule has 0 radical (unpaired) electrons. The summed E-state index contributed by atoms with van der Waals surface area (Å²) in [7, 11) is 6.50. The zero-order valence-corrected chi connectivity index (χ0v) is 25.3. The average molecular weight is 561 g/mol. The highest BCUT2D eigenvalue weighted by atomic mass is 16.6. The van der Waals surface area contributed by atoms with Crippen LogP contribution in [0.4, 0.5) is 0 Å². The van der Waals surface area contributed by atoms with Gasteiger partial charge in [0, 0.05) is 34.0 Å². The Balaban J connectivity index is 0.000000163. The number of esters is 1. The summed E-state index contributed by atoms with van der Waals surface area (Å²) < 4.78 is 13.9. The van der Waals surface area contributed by atoms with Crippen molar-refractivity contribution < 1.29 is 19.0 Å². The van der Waals surface area contributed by atoms with Crippen LogP contribution >= 0.6 is 0 Å². The fourth-order valence-corrected chi connectivity index (χ4v) is 4.51. The van der Waals surface area contributed by atoms with Gasteiger partial charge in [0.1, 0.15) is 5.60 Å². The summed E-state index contributed by atoms with van der Waals surface area (Å²) in [6.07, 6.45) is 0. The monoisotopic (exact) mass is 560 g/mol. The topological polar surface area (TPSA) is 44.8 Å². The van der Waals surface area contributed by atoms with Gasteiger partial charge in [-0.2, -0.15) is 0 Å². The van der Waals surface area contributed by atoms with Gasteiger partial charge < -0.3 is 14.2 Å². The molecule has 4 nitrogen and oxygen atoms in total. The van der Waals surface area contributed by atoms with Crippen molar-refractivity contribution in [1.29, 1.82) is 0 Å². The molecule has 216 valence electrons. The molecular formula is C38H40O4. The highest BCUT2D eigenvalue weighted by molar-refractivity contribution is 6.00. The molecule has 4 heteroatoms. The molecule has 6 aromatic carbocycles. The van der Waals surface area contributed by atoms with E-state index in [0.717, 1.165) is 16.3 Å². The minimum atomic E-state index is -0.504. The van der Waals surface area contributed by atoms with Crippen LogP contribution in [-0.2, 0) is 19.8 Å². The first kappa shape index (κ1) is 32.0. The molecule has 1 aliphatic heterocycles. The number of methoxy groups -OCH3 is 2. The predicted octanol–water partition coefficient (Wildman–Crippen LogP) is 9.45. The van der Waals surface area contributed by atoms with Crippen molar-refractivity contribution in [3.05, 3.63) is 145 Å². The molecule has 0 amide bonds. The lowest BCUT2D eigenvalue weighted by Crippen LogP contribution is -2.15. The lowest BCUT2D eigenvalue weighted by Gasteiger charge is -2.17. The van der Waals surface area contributed by atoms with Gasteiger partial charge in [0.15, 0.2) is 0 Å². The van der Waals surface area contributed by atoms with Crippen molar-refractivity contribution in [2.75, 3.05) is 28.4 Å². The quantitative estimate of drug-likeness (QED) is 0.174. The fourth-order valence-electron chi connectivity index (χ4n) is 4.51. The van der Waals surface area contributed by atoms with Crippen molar-refractivity contribution in [3.63, 3.8) is 0 Å². The van der Waals surface area contributed by atoms with Crippen molar-refractivity contribution in [2.45, 2.75) is 19.4 Å². The van der Waals surface area contributed by atoms with Gasteiger partial charge in [-0.25, -0.2) is 4.79 Å². The van der Waals surface area contributed by atoms with Gasteiger partial charge >= 0.3 is 5.97 Å². The second-order valence-corrected chi connectivity index (χ2v) is 10.2. The Bertz CT molecular complexity index is 1500. The van der Waals surface area contributed by atoms with E-state index in [1.165, 1.54) is 21.5 Å². The maximum absolute atomic E-state index is 11.7. The zero-order chi connectivity index (χ0) is 30.4. The Morgan fingerprint density at radius 3 is 1.05 bits per heavy atom. The predicted molar refractivity (Wildman–Crippen MR) is 176 cm³/mol. The van der Waals surface area contributed by atoms with E-state index in [1.54, 1.807) is 28.4 Å². The summed E-state index contributed by atoms with van der Waals surface area (Å²) in [5, 5.41) is 7.47. The highest BCUT2D eigenvalue weighted by Crippen LogP contribution is 2.37. The molecule has 1 aliphatic rings. The van der Waals surface area contributed by atoms with E-state index in [9.17, 15) is 4.79 Å². The van der Waals surface area contributed by atoms with Crippen LogP contribution in [0.1, 0.15) is 29.8 Å². The van der Waals surface area contributed by atoms with Crippen LogP contribution in [0.15, 0.2) is 133 Å². The zero-order valence-electron chi connectivity index (χ0n) is 25.3. The first-order valence-corrected chi connectivity index (χ1v) is 13.8. The first-order valence-electron chi connectivity index (χ1n) is 13.8. The van der Waals surface area contributed by atoms with Crippen molar-refractivity contribution >= 4 is 38.3 Å². The van der Waals surface area contributed by atoms with Gasteiger partial charge in [-0.05, 0) is 58.3 Å². The third-order valence-corrected chi connectivity index (χ3v) is 6.42. The number of fused-ring (bicyclic) bond motifs is 4. The molecule has 6 aromatic rings. The molecule has 0 fully saturated rings. The molecule has 0 atom stereocenters. The van der Waals surface area contributed by atoms with Crippen molar-refractivity contribution in [2.24, 2.45) is 0 Å². The van der Waals surface area contributed by atoms with E-state index in [0.29, 0.717) is 5.56 Å². The number of rotatable bonds is 0. The van der Waals surface area contributed by atoms with Crippen LogP contribution < -0.4 is 0 Å². The van der Waals surface area contributed by atoms with Gasteiger partial charge in [-0.3, -0.25) is 0 Å². The largest absolute Gasteiger partial charge is 0.451 e. The van der Waals surface area contributed by atoms with Crippen LogP contribution in [0, 0.1) is 0 Å². The summed E-state index contributed by atoms with van der Waals surface area (Å²) >= 11 is 0. The molecule has 0 aromatic heterocycles. The van der Waals surface area contributed by atoms with Crippen LogP contribution in [0.5, 0.6) is 0 Å². The van der Waals surface area contributed by atoms with Crippen LogP contribution in [0.3, 0.4) is 0 Å². The maximum Gasteiger partial charge on any atom is 0.339 e. The lowest BCUT2D eigenvalue weighted by molar-refractivity contribution is 0.00956. The van der Waals surface area contributed by atoms with Crippen molar-refractivity contribution in [3.8, 4) is 0 Å². The van der Waals surface area contributed by atoms with Gasteiger partial charge in [-0.1, -0.05) is 121 Å². The molecule has 1 heterocycles. The van der Waals surface area contributed by atoms with Crippen LogP contribution in [0.25, 0.3) is 32.3 Å². The third-order valence-electron chi connectivity index (χ3n) is 6.42. The van der Waals surface area contributed by atoms with Gasteiger partial charge in [0.05, 0.1) is 5.56 Å². The van der Waals surface area contributed by atoms with Gasteiger partial charge in [0.2, 0.25) is 0 Å². The fraction of sp³-hybridized carbons (Fsp3) is 0.184. The Morgan fingerprint density at radius 1 is 0.476 bits per heavy atom. The second kappa shape index (κ2) is 16.1. The van der Waals surface area contributed by atoms with E-state index >= 15 is 0 Å². The minimum Gasteiger partial charge on any atom is -0.451 e. The summed E-state index contributed by atoms with van der Waals surface area (Å²) in [4.78, 5) is 11.7. The van der Waals surface area contributed by atoms with E-state index < -0.39 is 5.60 Å². The van der Waals surface area contributed by atoms with Gasteiger partial charge in [-0.15, -0.1) is 0 Å². The molecule has 0 spiro atoms. The third kappa shape index (κ3) is 8.74. The Labute approximate surface area is 249 Å². The maximum atomic E-state index is 11.7. The molecule has 7 rings (SSSR count). The molecule has 0 aliphatic carbocycles. The van der Waals surface area contributed by atoms with Crippen molar-refractivity contribution in [1.82, 2.24) is 0 Å². The summed E-state index contributed by atoms with van der Waals surface area (Å²) in [6, 6.07) is 45.4. The molecular weight excluding hydrogens is 520 g/mol. The molecule has 0 saturated carbocycles. The minimum absolute atomic E-state index is 0.217. The summed E-state index contributed by atoms with van der Waals surface area (Å²) in [5.74, 6) is -0.217. The molecule has 0 bridgehead atoms. The number of ether oxygens (including phenoxy) is 3. The number of hydrogen-bond acceptors (Lipinski definition) is 4. The van der Waals surface area contributed by atoms with Gasteiger partial charge in [0.25, 0.3) is 0 Å². The summed E-state index contributed by atoms with van der Waals surface area (Å²) in [6.45, 7) is 3.84. The van der Waals surface area contributed by atoms with E-state index in [2.05, 4.69) is 119 Å². The Morgan fingerprint density at radius 2 is 0.738 bits per heavy atom. The number of hydrogen-bond donors (Lipinski definition) is 0. The highest BCUT2D eigenvalue weighted by Gasteiger charge is 2.37. The van der Waals surface area contributed by atoms with Crippen LogP contribution in [-0.4, -0.2) is 34.4 Å². The first-order chi connectivity index (χ1) is 20.3. The SMILES string of the molecule is CC1(C)OC(=O)c2cc3ccccc3cc21.COC.COC.c1ccc2ccccc2c1.c1ccc2ccccc2c1. The average Bonchev–Trinajstić information content (AvgIpc) is 3.24. The van der Waals surface area contributed by atoms with Crippen LogP contribution in [0.2, 0.25) is 0 Å². The van der Waals surface area contributed by atoms with E-state index in [4.69, 9.17) is 4.74 Å². The standard InChI is InChI=1S/C14H12O2.2C10H8.2C2H6O/c1-14(2)12-8-10-6-4-3-5-9(10)7-11(12)13(15)16-14;2*1-2-6-10-8-4-3-7-9(10)5-1;2*1-3-2/h3-8H,1-2H3;2*1-8H;2*1-2H3. The normalized spacial score (nSPS) is 12.2.